The summed E-state index contributed by atoms with van der Waals surface area (Å²) in [6, 6.07) is 8.04. The van der Waals surface area contributed by atoms with E-state index in [4.69, 9.17) is 5.73 Å². The average Bonchev–Trinajstić information content (AvgIpc) is 2.73. The van der Waals surface area contributed by atoms with E-state index in [1.54, 1.807) is 12.4 Å². The van der Waals surface area contributed by atoms with E-state index in [-0.39, 0.29) is 0 Å². The third-order valence-electron chi connectivity index (χ3n) is 2.63. The lowest BCUT2D eigenvalue weighted by Gasteiger charge is -2.00. The lowest BCUT2D eigenvalue weighted by atomic mass is 10.2. The second kappa shape index (κ2) is 4.34. The number of nitrogens with zero attached hydrogens (tertiary/aromatic N) is 2. The molecule has 0 saturated carbocycles. The summed E-state index contributed by atoms with van der Waals surface area (Å²) in [5.74, 6) is 0. The number of rotatable bonds is 2. The Morgan fingerprint density at radius 2 is 2.17 bits per heavy atom. The minimum Gasteiger partial charge on any atom is -0.397 e. The quantitative estimate of drug-likeness (QED) is 0.739. The number of anilines is 1. The minimum atomic E-state index is 0.666. The number of hydrogen-bond acceptors (Lipinski definition) is 4. The van der Waals surface area contributed by atoms with Crippen molar-refractivity contribution in [1.29, 1.82) is 0 Å². The molecule has 2 heterocycles. The molecule has 0 amide bonds. The normalized spacial score (nSPS) is 10.9. The summed E-state index contributed by atoms with van der Waals surface area (Å²) < 4.78 is 0. The van der Waals surface area contributed by atoms with Gasteiger partial charge in [0.2, 0.25) is 0 Å². The molecule has 0 atom stereocenters. The van der Waals surface area contributed by atoms with Crippen LogP contribution in [0.3, 0.4) is 0 Å². The van der Waals surface area contributed by atoms with Crippen LogP contribution in [0.1, 0.15) is 5.56 Å². The maximum atomic E-state index is 5.86. The van der Waals surface area contributed by atoms with Crippen molar-refractivity contribution in [3.63, 3.8) is 0 Å². The molecule has 2 aromatic heterocycles. The number of aromatic amines is 1. The van der Waals surface area contributed by atoms with Crippen molar-refractivity contribution in [3.05, 3.63) is 42.2 Å². The monoisotopic (exact) mass is 256 g/mol. The lowest BCUT2D eigenvalue weighted by molar-refractivity contribution is 1.08. The fourth-order valence-electron chi connectivity index (χ4n) is 1.74. The van der Waals surface area contributed by atoms with Gasteiger partial charge in [0, 0.05) is 11.1 Å². The first-order valence-corrected chi connectivity index (χ1v) is 6.38. The molecule has 3 aromatic rings. The number of imidazole rings is 1. The first-order chi connectivity index (χ1) is 8.72. The zero-order valence-corrected chi connectivity index (χ0v) is 10.7. The zero-order valence-electron chi connectivity index (χ0n) is 9.84. The van der Waals surface area contributed by atoms with Gasteiger partial charge in [-0.3, -0.25) is 4.98 Å². The number of aromatic nitrogens is 3. The van der Waals surface area contributed by atoms with Gasteiger partial charge in [-0.1, -0.05) is 6.07 Å². The second-order valence-electron chi connectivity index (χ2n) is 4.08. The number of nitrogen functional groups attached to an aromatic ring is 1. The SMILES string of the molecule is Cc1ccc2nc(Sc3ccncc3N)[nH]c2c1. The van der Waals surface area contributed by atoms with Gasteiger partial charge in [-0.15, -0.1) is 0 Å². The van der Waals surface area contributed by atoms with Crippen LogP contribution in [0.2, 0.25) is 0 Å². The Morgan fingerprint density at radius 3 is 3.00 bits per heavy atom. The molecular formula is C13H12N4S. The fraction of sp³-hybridized carbons (Fsp3) is 0.0769. The Balaban J connectivity index is 1.98. The zero-order chi connectivity index (χ0) is 12.5. The third kappa shape index (κ3) is 2.04. The van der Waals surface area contributed by atoms with E-state index in [0.717, 1.165) is 21.1 Å². The third-order valence-corrected chi connectivity index (χ3v) is 3.61. The van der Waals surface area contributed by atoms with Crippen molar-refractivity contribution in [3.8, 4) is 0 Å². The number of fused-ring (bicyclic) bond motifs is 1. The van der Waals surface area contributed by atoms with Gasteiger partial charge in [0.1, 0.15) is 0 Å². The van der Waals surface area contributed by atoms with E-state index in [2.05, 4.69) is 34.0 Å². The Bertz CT molecular complexity index is 705. The largest absolute Gasteiger partial charge is 0.397 e. The minimum absolute atomic E-state index is 0.666. The summed E-state index contributed by atoms with van der Waals surface area (Å²) in [5.41, 5.74) is 9.76. The number of hydrogen-bond donors (Lipinski definition) is 2. The first-order valence-electron chi connectivity index (χ1n) is 5.56. The highest BCUT2D eigenvalue weighted by Gasteiger charge is 2.06. The van der Waals surface area contributed by atoms with Crippen molar-refractivity contribution >= 4 is 28.5 Å². The highest BCUT2D eigenvalue weighted by atomic mass is 32.2. The van der Waals surface area contributed by atoms with E-state index >= 15 is 0 Å². The average molecular weight is 256 g/mol. The van der Waals surface area contributed by atoms with Crippen molar-refractivity contribution in [2.75, 3.05) is 5.73 Å². The summed E-state index contributed by atoms with van der Waals surface area (Å²) in [4.78, 5) is 12.7. The molecule has 5 heteroatoms. The maximum Gasteiger partial charge on any atom is 0.171 e. The van der Waals surface area contributed by atoms with Gasteiger partial charge < -0.3 is 10.7 Å². The van der Waals surface area contributed by atoms with Crippen LogP contribution < -0.4 is 5.73 Å². The number of benzene rings is 1. The number of pyridine rings is 1. The highest BCUT2D eigenvalue weighted by molar-refractivity contribution is 7.99. The van der Waals surface area contributed by atoms with Gasteiger partial charge >= 0.3 is 0 Å². The molecular weight excluding hydrogens is 244 g/mol. The highest BCUT2D eigenvalue weighted by Crippen LogP contribution is 2.30. The molecule has 0 bridgehead atoms. The van der Waals surface area contributed by atoms with E-state index < -0.39 is 0 Å². The first kappa shape index (κ1) is 11.1. The summed E-state index contributed by atoms with van der Waals surface area (Å²) in [5, 5.41) is 0.841. The molecule has 3 rings (SSSR count). The molecule has 90 valence electrons. The molecule has 0 radical (unpaired) electrons. The second-order valence-corrected chi connectivity index (χ2v) is 5.11. The molecule has 0 aliphatic heterocycles. The van der Waals surface area contributed by atoms with Crippen molar-refractivity contribution in [2.45, 2.75) is 17.0 Å². The summed E-state index contributed by atoms with van der Waals surface area (Å²) in [6.45, 7) is 2.06. The van der Waals surface area contributed by atoms with E-state index in [0.29, 0.717) is 5.69 Å². The van der Waals surface area contributed by atoms with Gasteiger partial charge in [-0.05, 0) is 42.4 Å². The molecule has 4 nitrogen and oxygen atoms in total. The molecule has 0 aliphatic rings. The van der Waals surface area contributed by atoms with Crippen LogP contribution in [0.15, 0.2) is 46.7 Å². The number of aryl methyl sites for hydroxylation is 1. The lowest BCUT2D eigenvalue weighted by Crippen LogP contribution is -1.89. The predicted octanol–water partition coefficient (Wildman–Crippen LogP) is 3.00. The van der Waals surface area contributed by atoms with Crippen LogP contribution in [0.4, 0.5) is 5.69 Å². The van der Waals surface area contributed by atoms with Crippen LogP contribution >= 0.6 is 11.8 Å². The molecule has 0 unspecified atom stereocenters. The van der Waals surface area contributed by atoms with Crippen molar-refractivity contribution in [1.82, 2.24) is 15.0 Å². The van der Waals surface area contributed by atoms with E-state index in [9.17, 15) is 0 Å². The Labute approximate surface area is 109 Å². The maximum absolute atomic E-state index is 5.86. The van der Waals surface area contributed by atoms with Crippen LogP contribution in [-0.2, 0) is 0 Å². The Hall–Kier alpha value is -2.01. The number of nitrogens with one attached hydrogen (secondary N) is 1. The van der Waals surface area contributed by atoms with Crippen LogP contribution in [0.5, 0.6) is 0 Å². The molecule has 0 spiro atoms. The number of H-pyrrole nitrogens is 1. The summed E-state index contributed by atoms with van der Waals surface area (Å²) >= 11 is 1.51. The van der Waals surface area contributed by atoms with E-state index in [1.807, 2.05) is 12.1 Å². The number of nitrogens with two attached hydrogens (primary N) is 1. The van der Waals surface area contributed by atoms with Crippen molar-refractivity contribution in [2.24, 2.45) is 0 Å². The standard InChI is InChI=1S/C13H12N4S/c1-8-2-3-10-11(6-8)17-13(16-10)18-12-4-5-15-7-9(12)14/h2-7H,14H2,1H3,(H,16,17). The van der Waals surface area contributed by atoms with Gasteiger partial charge in [0.05, 0.1) is 22.9 Å². The van der Waals surface area contributed by atoms with Gasteiger partial charge in [0.15, 0.2) is 5.16 Å². The fourth-order valence-corrected chi connectivity index (χ4v) is 2.55. The van der Waals surface area contributed by atoms with E-state index in [1.165, 1.54) is 17.3 Å². The molecule has 18 heavy (non-hydrogen) atoms. The van der Waals surface area contributed by atoms with Crippen LogP contribution in [0, 0.1) is 6.92 Å². The Morgan fingerprint density at radius 1 is 1.28 bits per heavy atom. The molecule has 0 fully saturated rings. The molecule has 0 saturated heterocycles. The summed E-state index contributed by atoms with van der Waals surface area (Å²) in [7, 11) is 0. The molecule has 1 aromatic carbocycles. The molecule has 0 aliphatic carbocycles. The van der Waals surface area contributed by atoms with Gasteiger partial charge in [-0.2, -0.15) is 0 Å². The van der Waals surface area contributed by atoms with Gasteiger partial charge in [0.25, 0.3) is 0 Å². The van der Waals surface area contributed by atoms with Gasteiger partial charge in [-0.25, -0.2) is 4.98 Å². The smallest absolute Gasteiger partial charge is 0.171 e. The topological polar surface area (TPSA) is 67.6 Å². The molecule has 3 N–H and O–H groups in total. The van der Waals surface area contributed by atoms with Crippen molar-refractivity contribution < 1.29 is 0 Å². The summed E-state index contributed by atoms with van der Waals surface area (Å²) in [6.07, 6.45) is 3.38. The van der Waals surface area contributed by atoms with Crippen LogP contribution in [-0.4, -0.2) is 15.0 Å². The Kier molecular flexibility index (Phi) is 2.68. The predicted molar refractivity (Wildman–Crippen MR) is 73.6 cm³/mol. The van der Waals surface area contributed by atoms with Crippen LogP contribution in [0.25, 0.3) is 11.0 Å².